The van der Waals surface area contributed by atoms with Crippen molar-refractivity contribution in [3.05, 3.63) is 23.7 Å². The van der Waals surface area contributed by atoms with Gasteiger partial charge in [-0.1, -0.05) is 6.92 Å². The van der Waals surface area contributed by atoms with E-state index < -0.39 is 0 Å². The molecule has 5 heteroatoms. The Morgan fingerprint density at radius 3 is 3.12 bits per heavy atom. The van der Waals surface area contributed by atoms with Crippen LogP contribution in [0.25, 0.3) is 0 Å². The summed E-state index contributed by atoms with van der Waals surface area (Å²) in [7, 11) is 0. The van der Waals surface area contributed by atoms with Crippen molar-refractivity contribution in [2.24, 2.45) is 11.8 Å². The quantitative estimate of drug-likeness (QED) is 0.450. The van der Waals surface area contributed by atoms with E-state index in [1.165, 1.54) is 6.42 Å². The monoisotopic (exact) mass is 223 g/mol. The first-order valence-electron chi connectivity index (χ1n) is 5.51. The van der Waals surface area contributed by atoms with E-state index >= 15 is 0 Å². The average molecular weight is 223 g/mol. The number of carbonyl (C=O) groups excluding carboxylic acids is 1. The summed E-state index contributed by atoms with van der Waals surface area (Å²) in [5.41, 5.74) is 2.05. The Kier molecular flexibility index (Phi) is 3.26. The fraction of sp³-hybridized carbons (Fsp3) is 0.545. The predicted octanol–water partition coefficient (Wildman–Crippen LogP) is 0.725. The van der Waals surface area contributed by atoms with E-state index in [1.807, 2.05) is 11.5 Å². The molecule has 88 valence electrons. The summed E-state index contributed by atoms with van der Waals surface area (Å²) in [5.74, 6) is 6.47. The number of carbonyl (C=O) groups is 1. The van der Waals surface area contributed by atoms with Gasteiger partial charge in [-0.2, -0.15) is 0 Å². The minimum atomic E-state index is -0.388. The fourth-order valence-electron chi connectivity index (χ4n) is 2.05. The van der Waals surface area contributed by atoms with Crippen LogP contribution in [0.1, 0.15) is 29.7 Å². The first kappa shape index (κ1) is 11.2. The number of amides is 1. The van der Waals surface area contributed by atoms with Crippen LogP contribution in [0.15, 0.2) is 16.5 Å². The van der Waals surface area contributed by atoms with Crippen molar-refractivity contribution in [2.45, 2.75) is 19.9 Å². The van der Waals surface area contributed by atoms with Gasteiger partial charge in [0.05, 0.1) is 6.54 Å². The highest BCUT2D eigenvalue weighted by Gasteiger charge is 2.20. The van der Waals surface area contributed by atoms with Crippen LogP contribution in [-0.2, 0) is 6.54 Å². The van der Waals surface area contributed by atoms with Gasteiger partial charge in [-0.3, -0.25) is 15.1 Å². The molecular weight excluding hydrogens is 206 g/mol. The summed E-state index contributed by atoms with van der Waals surface area (Å²) in [5, 5.41) is 0. The van der Waals surface area contributed by atoms with E-state index in [0.717, 1.165) is 31.3 Å². The number of nitrogens with zero attached hydrogens (tertiary/aromatic N) is 1. The lowest BCUT2D eigenvalue weighted by Gasteiger charge is -2.12. The Hall–Kier alpha value is -1.33. The second-order valence-corrected chi connectivity index (χ2v) is 4.37. The molecule has 3 N–H and O–H groups in total. The summed E-state index contributed by atoms with van der Waals surface area (Å²) in [6.45, 7) is 5.21. The van der Waals surface area contributed by atoms with Gasteiger partial charge in [0.15, 0.2) is 5.76 Å². The van der Waals surface area contributed by atoms with E-state index in [-0.39, 0.29) is 11.7 Å². The van der Waals surface area contributed by atoms with E-state index in [0.29, 0.717) is 0 Å². The standard InChI is InChI=1S/C11H17N3O2/c1-8-4-5-14(6-8)7-9-2-3-10(16-9)11(15)13-12/h2-3,8H,4-7,12H2,1H3,(H,13,15). The Morgan fingerprint density at radius 1 is 1.69 bits per heavy atom. The highest BCUT2D eigenvalue weighted by Crippen LogP contribution is 2.18. The summed E-state index contributed by atoms with van der Waals surface area (Å²) in [4.78, 5) is 13.5. The van der Waals surface area contributed by atoms with Crippen molar-refractivity contribution >= 4 is 5.91 Å². The van der Waals surface area contributed by atoms with Crippen molar-refractivity contribution < 1.29 is 9.21 Å². The third kappa shape index (κ3) is 2.43. The van der Waals surface area contributed by atoms with Gasteiger partial charge >= 0.3 is 5.91 Å². The number of hydrogen-bond acceptors (Lipinski definition) is 4. The van der Waals surface area contributed by atoms with Crippen molar-refractivity contribution in [1.82, 2.24) is 10.3 Å². The van der Waals surface area contributed by atoms with Gasteiger partial charge in [0.2, 0.25) is 0 Å². The normalized spacial score (nSPS) is 21.2. The Bertz CT molecular complexity index is 375. The van der Waals surface area contributed by atoms with Crippen LogP contribution in [0.5, 0.6) is 0 Å². The molecule has 0 saturated carbocycles. The van der Waals surface area contributed by atoms with Crippen LogP contribution >= 0.6 is 0 Å². The van der Waals surface area contributed by atoms with Crippen LogP contribution in [0.4, 0.5) is 0 Å². The third-order valence-electron chi connectivity index (χ3n) is 2.90. The van der Waals surface area contributed by atoms with Crippen LogP contribution < -0.4 is 11.3 Å². The molecule has 1 aliphatic rings. The molecule has 1 amide bonds. The molecule has 1 saturated heterocycles. The number of nitrogens with two attached hydrogens (primary N) is 1. The zero-order chi connectivity index (χ0) is 11.5. The Balaban J connectivity index is 1.95. The summed E-state index contributed by atoms with van der Waals surface area (Å²) in [6, 6.07) is 3.48. The number of rotatable bonds is 3. The molecule has 0 aliphatic carbocycles. The van der Waals surface area contributed by atoms with Crippen molar-refractivity contribution in [3.63, 3.8) is 0 Å². The van der Waals surface area contributed by atoms with Gasteiger partial charge in [-0.25, -0.2) is 5.84 Å². The number of furan rings is 1. The van der Waals surface area contributed by atoms with E-state index in [2.05, 4.69) is 11.8 Å². The first-order valence-corrected chi connectivity index (χ1v) is 5.51. The van der Waals surface area contributed by atoms with Gasteiger partial charge in [-0.05, 0) is 31.0 Å². The molecule has 1 aliphatic heterocycles. The highest BCUT2D eigenvalue weighted by atomic mass is 16.4. The van der Waals surface area contributed by atoms with E-state index in [4.69, 9.17) is 10.3 Å². The summed E-state index contributed by atoms with van der Waals surface area (Å²) < 4.78 is 5.40. The summed E-state index contributed by atoms with van der Waals surface area (Å²) in [6.07, 6.45) is 1.23. The van der Waals surface area contributed by atoms with Gasteiger partial charge in [-0.15, -0.1) is 0 Å². The van der Waals surface area contributed by atoms with Crippen LogP contribution in [0.3, 0.4) is 0 Å². The molecule has 1 unspecified atom stereocenters. The molecule has 0 bridgehead atoms. The van der Waals surface area contributed by atoms with Crippen molar-refractivity contribution in [3.8, 4) is 0 Å². The van der Waals surface area contributed by atoms with Gasteiger partial charge in [0.25, 0.3) is 0 Å². The van der Waals surface area contributed by atoms with Crippen molar-refractivity contribution in [1.29, 1.82) is 0 Å². The molecule has 5 nitrogen and oxygen atoms in total. The Morgan fingerprint density at radius 2 is 2.50 bits per heavy atom. The van der Waals surface area contributed by atoms with E-state index in [9.17, 15) is 4.79 Å². The molecule has 16 heavy (non-hydrogen) atoms. The maximum absolute atomic E-state index is 11.2. The first-order chi connectivity index (χ1) is 7.69. The maximum Gasteiger partial charge on any atom is 0.300 e. The number of nitrogens with one attached hydrogen (secondary N) is 1. The van der Waals surface area contributed by atoms with E-state index in [1.54, 1.807) is 6.07 Å². The van der Waals surface area contributed by atoms with Crippen LogP contribution in [-0.4, -0.2) is 23.9 Å². The van der Waals surface area contributed by atoms with Crippen molar-refractivity contribution in [2.75, 3.05) is 13.1 Å². The second kappa shape index (κ2) is 4.67. The maximum atomic E-state index is 11.2. The predicted molar refractivity (Wildman–Crippen MR) is 59.4 cm³/mol. The number of likely N-dealkylation sites (tertiary alicyclic amines) is 1. The van der Waals surface area contributed by atoms with Gasteiger partial charge < -0.3 is 4.42 Å². The zero-order valence-corrected chi connectivity index (χ0v) is 9.40. The SMILES string of the molecule is CC1CCN(Cc2ccc(C(=O)NN)o2)C1. The molecule has 0 radical (unpaired) electrons. The number of hydrazine groups is 1. The lowest BCUT2D eigenvalue weighted by Crippen LogP contribution is -2.29. The molecule has 0 spiro atoms. The highest BCUT2D eigenvalue weighted by molar-refractivity contribution is 5.90. The largest absolute Gasteiger partial charge is 0.455 e. The topological polar surface area (TPSA) is 71.5 Å². The molecule has 1 fully saturated rings. The minimum Gasteiger partial charge on any atom is -0.455 e. The van der Waals surface area contributed by atoms with Crippen LogP contribution in [0, 0.1) is 5.92 Å². The van der Waals surface area contributed by atoms with Gasteiger partial charge in [0.1, 0.15) is 5.76 Å². The fourth-order valence-corrected chi connectivity index (χ4v) is 2.05. The number of nitrogen functional groups attached to an aromatic ring is 1. The second-order valence-electron chi connectivity index (χ2n) is 4.37. The molecule has 1 aromatic heterocycles. The molecule has 1 aromatic rings. The lowest BCUT2D eigenvalue weighted by molar-refractivity contribution is 0.0922. The Labute approximate surface area is 94.6 Å². The lowest BCUT2D eigenvalue weighted by atomic mass is 10.2. The molecule has 0 aromatic carbocycles. The molecule has 1 atom stereocenters. The zero-order valence-electron chi connectivity index (χ0n) is 9.40. The molecule has 2 heterocycles. The third-order valence-corrected chi connectivity index (χ3v) is 2.90. The number of hydrogen-bond donors (Lipinski definition) is 2. The summed E-state index contributed by atoms with van der Waals surface area (Å²) >= 11 is 0. The minimum absolute atomic E-state index is 0.268. The smallest absolute Gasteiger partial charge is 0.300 e. The van der Waals surface area contributed by atoms with Crippen LogP contribution in [0.2, 0.25) is 0 Å². The average Bonchev–Trinajstić information content (AvgIpc) is 2.87. The molecular formula is C11H17N3O2. The molecule has 2 rings (SSSR count). The van der Waals surface area contributed by atoms with Gasteiger partial charge in [0, 0.05) is 6.54 Å².